The second-order valence-electron chi connectivity index (χ2n) is 4.65. The van der Waals surface area contributed by atoms with E-state index in [0.29, 0.717) is 25.4 Å². The standard InChI is InChI=1S/C11H18ClN3O4S/c1-18-8-6-15-10(5-4-9-3-2-7-19-9)13-14-11(15)20(12,16)17/h9H,2-8H2,1H3. The molecule has 0 aliphatic carbocycles. The Bertz CT molecular complexity index is 540. The summed E-state index contributed by atoms with van der Waals surface area (Å²) < 4.78 is 35.0. The zero-order chi connectivity index (χ0) is 14.6. The Hall–Kier alpha value is -0.700. The molecule has 9 heteroatoms. The predicted molar refractivity (Wildman–Crippen MR) is 72.2 cm³/mol. The van der Waals surface area contributed by atoms with E-state index in [2.05, 4.69) is 10.2 Å². The van der Waals surface area contributed by atoms with E-state index < -0.39 is 9.05 Å². The Morgan fingerprint density at radius 2 is 2.30 bits per heavy atom. The third kappa shape index (κ3) is 3.91. The molecular formula is C11H18ClN3O4S. The molecule has 20 heavy (non-hydrogen) atoms. The Labute approximate surface area is 122 Å². The molecule has 1 aromatic rings. The number of ether oxygens (including phenoxy) is 2. The quantitative estimate of drug-likeness (QED) is 0.695. The van der Waals surface area contributed by atoms with Gasteiger partial charge in [0.05, 0.1) is 12.7 Å². The summed E-state index contributed by atoms with van der Waals surface area (Å²) in [5.74, 6) is 0.594. The van der Waals surface area contributed by atoms with Gasteiger partial charge in [-0.2, -0.15) is 0 Å². The molecule has 0 spiro atoms. The van der Waals surface area contributed by atoms with Crippen molar-refractivity contribution in [1.82, 2.24) is 14.8 Å². The van der Waals surface area contributed by atoms with Gasteiger partial charge in [-0.05, 0) is 19.3 Å². The van der Waals surface area contributed by atoms with Crippen molar-refractivity contribution in [3.8, 4) is 0 Å². The fraction of sp³-hybridized carbons (Fsp3) is 0.818. The number of hydrogen-bond acceptors (Lipinski definition) is 6. The second kappa shape index (κ2) is 6.84. The Morgan fingerprint density at radius 3 is 2.90 bits per heavy atom. The average Bonchev–Trinajstić information content (AvgIpc) is 3.02. The summed E-state index contributed by atoms with van der Waals surface area (Å²) in [5, 5.41) is 7.39. The van der Waals surface area contributed by atoms with Gasteiger partial charge in [-0.1, -0.05) is 0 Å². The van der Waals surface area contributed by atoms with E-state index in [1.54, 1.807) is 7.11 Å². The van der Waals surface area contributed by atoms with Crippen LogP contribution in [0.4, 0.5) is 0 Å². The highest BCUT2D eigenvalue weighted by Gasteiger charge is 2.23. The van der Waals surface area contributed by atoms with Crippen molar-refractivity contribution >= 4 is 19.7 Å². The summed E-state index contributed by atoms with van der Waals surface area (Å²) in [7, 11) is 3.01. The fourth-order valence-electron chi connectivity index (χ4n) is 2.25. The number of methoxy groups -OCH3 is 1. The van der Waals surface area contributed by atoms with Crippen molar-refractivity contribution < 1.29 is 17.9 Å². The van der Waals surface area contributed by atoms with E-state index in [0.717, 1.165) is 25.9 Å². The zero-order valence-electron chi connectivity index (χ0n) is 11.3. The number of hydrogen-bond donors (Lipinski definition) is 0. The van der Waals surface area contributed by atoms with Gasteiger partial charge < -0.3 is 9.47 Å². The molecule has 1 aromatic heterocycles. The van der Waals surface area contributed by atoms with Gasteiger partial charge in [0.1, 0.15) is 5.82 Å². The molecule has 2 rings (SSSR count). The number of rotatable bonds is 7. The number of aromatic nitrogens is 3. The summed E-state index contributed by atoms with van der Waals surface area (Å²) in [5.41, 5.74) is 0. The van der Waals surface area contributed by atoms with Gasteiger partial charge in [0.15, 0.2) is 0 Å². The monoisotopic (exact) mass is 323 g/mol. The minimum Gasteiger partial charge on any atom is -0.383 e. The van der Waals surface area contributed by atoms with Gasteiger partial charge in [0, 0.05) is 37.4 Å². The van der Waals surface area contributed by atoms with Gasteiger partial charge in [-0.25, -0.2) is 8.42 Å². The summed E-state index contributed by atoms with van der Waals surface area (Å²) in [6.07, 6.45) is 3.73. The molecule has 1 fully saturated rings. The SMILES string of the molecule is COCCn1c(CCC2CCCO2)nnc1S(=O)(=O)Cl. The van der Waals surface area contributed by atoms with Crippen LogP contribution < -0.4 is 0 Å². The Morgan fingerprint density at radius 1 is 1.50 bits per heavy atom. The first-order chi connectivity index (χ1) is 9.52. The normalized spacial score (nSPS) is 19.6. The van der Waals surface area contributed by atoms with Crippen LogP contribution in [0.5, 0.6) is 0 Å². The van der Waals surface area contributed by atoms with Crippen molar-refractivity contribution in [2.24, 2.45) is 0 Å². The smallest absolute Gasteiger partial charge is 0.296 e. The van der Waals surface area contributed by atoms with Crippen molar-refractivity contribution in [2.75, 3.05) is 20.3 Å². The van der Waals surface area contributed by atoms with Crippen LogP contribution in [0.2, 0.25) is 0 Å². The summed E-state index contributed by atoms with van der Waals surface area (Å²) in [6.45, 7) is 1.51. The first-order valence-corrected chi connectivity index (χ1v) is 8.80. The lowest BCUT2D eigenvalue weighted by Gasteiger charge is -2.10. The van der Waals surface area contributed by atoms with Crippen LogP contribution in [0.1, 0.15) is 25.1 Å². The van der Waals surface area contributed by atoms with Crippen molar-refractivity contribution in [2.45, 2.75) is 43.5 Å². The molecule has 0 N–H and O–H groups in total. The highest BCUT2D eigenvalue weighted by molar-refractivity contribution is 8.13. The molecule has 7 nitrogen and oxygen atoms in total. The summed E-state index contributed by atoms with van der Waals surface area (Å²) >= 11 is 0. The fourth-order valence-corrected chi connectivity index (χ4v) is 3.19. The third-order valence-electron chi connectivity index (χ3n) is 3.24. The minimum absolute atomic E-state index is 0.221. The van der Waals surface area contributed by atoms with E-state index in [9.17, 15) is 8.42 Å². The lowest BCUT2D eigenvalue weighted by molar-refractivity contribution is 0.103. The molecule has 0 saturated carbocycles. The number of halogens is 1. The van der Waals surface area contributed by atoms with Crippen LogP contribution >= 0.6 is 10.7 Å². The van der Waals surface area contributed by atoms with E-state index in [1.165, 1.54) is 4.57 Å². The lowest BCUT2D eigenvalue weighted by atomic mass is 10.1. The van der Waals surface area contributed by atoms with Gasteiger partial charge in [-0.15, -0.1) is 10.2 Å². The van der Waals surface area contributed by atoms with Crippen LogP contribution in [0.3, 0.4) is 0 Å². The van der Waals surface area contributed by atoms with E-state index in [4.69, 9.17) is 20.2 Å². The van der Waals surface area contributed by atoms with Crippen molar-refractivity contribution in [3.05, 3.63) is 5.82 Å². The molecule has 1 aliphatic rings. The van der Waals surface area contributed by atoms with E-state index in [1.807, 2.05) is 0 Å². The van der Waals surface area contributed by atoms with Crippen molar-refractivity contribution in [3.63, 3.8) is 0 Å². The topological polar surface area (TPSA) is 83.3 Å². The van der Waals surface area contributed by atoms with E-state index >= 15 is 0 Å². The number of aryl methyl sites for hydroxylation is 1. The molecule has 1 atom stereocenters. The predicted octanol–water partition coefficient (Wildman–Crippen LogP) is 0.964. The zero-order valence-corrected chi connectivity index (χ0v) is 12.9. The Kier molecular flexibility index (Phi) is 5.36. The van der Waals surface area contributed by atoms with Gasteiger partial charge in [0.2, 0.25) is 0 Å². The average molecular weight is 324 g/mol. The maximum absolute atomic E-state index is 11.5. The first kappa shape index (κ1) is 15.7. The first-order valence-electron chi connectivity index (χ1n) is 6.49. The van der Waals surface area contributed by atoms with Gasteiger partial charge in [-0.3, -0.25) is 4.57 Å². The highest BCUT2D eigenvalue weighted by atomic mass is 35.7. The largest absolute Gasteiger partial charge is 0.383 e. The molecule has 0 amide bonds. The highest BCUT2D eigenvalue weighted by Crippen LogP contribution is 2.19. The van der Waals surface area contributed by atoms with Crippen LogP contribution in [-0.4, -0.2) is 49.6 Å². The van der Waals surface area contributed by atoms with Crippen LogP contribution in [0, 0.1) is 0 Å². The van der Waals surface area contributed by atoms with Crippen LogP contribution in [0.15, 0.2) is 5.16 Å². The number of nitrogens with zero attached hydrogens (tertiary/aromatic N) is 3. The summed E-state index contributed by atoms with van der Waals surface area (Å²) in [6, 6.07) is 0. The molecule has 114 valence electrons. The maximum Gasteiger partial charge on any atom is 0.296 e. The molecule has 0 radical (unpaired) electrons. The molecule has 2 heterocycles. The molecule has 0 bridgehead atoms. The van der Waals surface area contributed by atoms with Crippen LogP contribution in [-0.2, 0) is 31.5 Å². The summed E-state index contributed by atoms with van der Waals surface area (Å²) in [4.78, 5) is 0. The van der Waals surface area contributed by atoms with Gasteiger partial charge in [0.25, 0.3) is 14.2 Å². The Balaban J connectivity index is 2.12. The molecule has 1 aliphatic heterocycles. The molecule has 1 saturated heterocycles. The molecule has 0 aromatic carbocycles. The van der Waals surface area contributed by atoms with E-state index in [-0.39, 0.29) is 11.3 Å². The minimum atomic E-state index is -3.91. The van der Waals surface area contributed by atoms with Gasteiger partial charge >= 0.3 is 0 Å². The third-order valence-corrected chi connectivity index (χ3v) is 4.40. The lowest BCUT2D eigenvalue weighted by Crippen LogP contribution is -2.15. The second-order valence-corrected chi connectivity index (χ2v) is 7.11. The van der Waals surface area contributed by atoms with Crippen LogP contribution in [0.25, 0.3) is 0 Å². The molecular weight excluding hydrogens is 306 g/mol. The molecule has 1 unspecified atom stereocenters. The maximum atomic E-state index is 11.5. The van der Waals surface area contributed by atoms with Crippen molar-refractivity contribution in [1.29, 1.82) is 0 Å².